The number of carbonyl (C=O) groups excluding carboxylic acids is 3. The number of imide groups is 1. The van der Waals surface area contributed by atoms with Gasteiger partial charge in [-0.2, -0.15) is 10.1 Å². The summed E-state index contributed by atoms with van der Waals surface area (Å²) in [5.74, 6) is -0.964. The van der Waals surface area contributed by atoms with Gasteiger partial charge in [-0.15, -0.1) is 0 Å². The Morgan fingerprint density at radius 3 is 2.23 bits per heavy atom. The number of nitrogens with zero attached hydrogens (tertiary/aromatic N) is 2. The maximum Gasteiger partial charge on any atom is 0.254 e. The molecule has 4 aliphatic rings. The zero-order chi connectivity index (χ0) is 20.6. The molecule has 6 rings (SSSR count). The molecule has 7 heteroatoms. The molecular formula is C23H17N2O5-. The third-order valence-electron chi connectivity index (χ3n) is 7.16. The van der Waals surface area contributed by atoms with Crippen LogP contribution >= 0.6 is 0 Å². The summed E-state index contributed by atoms with van der Waals surface area (Å²) >= 11 is 0. The number of amides is 2. The molecule has 1 aromatic carbocycles. The van der Waals surface area contributed by atoms with Gasteiger partial charge >= 0.3 is 0 Å². The molecule has 150 valence electrons. The first-order valence-electron chi connectivity index (χ1n) is 10.0. The minimum atomic E-state index is -1.24. The maximum atomic E-state index is 12.9. The Kier molecular flexibility index (Phi) is 3.35. The first-order chi connectivity index (χ1) is 14.5. The molecule has 0 N–H and O–H groups in total. The summed E-state index contributed by atoms with van der Waals surface area (Å²) in [6.45, 7) is 0. The van der Waals surface area contributed by atoms with Gasteiger partial charge in [0.25, 0.3) is 11.8 Å². The Bertz CT molecular complexity index is 1120. The monoisotopic (exact) mass is 401 g/mol. The molecule has 2 amide bonds. The van der Waals surface area contributed by atoms with Crippen molar-refractivity contribution in [1.29, 1.82) is 0 Å². The zero-order valence-electron chi connectivity index (χ0n) is 15.9. The lowest BCUT2D eigenvalue weighted by Crippen LogP contribution is -2.30. The number of hydrogen-bond donors (Lipinski definition) is 0. The second-order valence-electron chi connectivity index (χ2n) is 8.52. The van der Waals surface area contributed by atoms with Crippen LogP contribution in [-0.2, 0) is 9.59 Å². The molecule has 3 aliphatic carbocycles. The summed E-state index contributed by atoms with van der Waals surface area (Å²) in [5, 5.41) is 16.0. The summed E-state index contributed by atoms with van der Waals surface area (Å²) in [6.07, 6.45) is 7.83. The number of furan rings is 1. The van der Waals surface area contributed by atoms with E-state index < -0.39 is 5.97 Å². The van der Waals surface area contributed by atoms with Crippen LogP contribution in [0.4, 0.5) is 0 Å². The van der Waals surface area contributed by atoms with Crippen LogP contribution in [-0.4, -0.2) is 29.0 Å². The summed E-state index contributed by atoms with van der Waals surface area (Å²) in [7, 11) is 0. The van der Waals surface area contributed by atoms with Crippen LogP contribution in [0, 0.1) is 29.1 Å². The molecule has 0 unspecified atom stereocenters. The SMILES string of the molecule is O=C([O-])c1ccc(-c2ccc(/C=N\N3C(=O)[C@@H]4[C@@H](C3=O)[C@@H]3C=C[C@H]4C34CC4)o2)cc1. The van der Waals surface area contributed by atoms with Gasteiger partial charge < -0.3 is 14.3 Å². The summed E-state index contributed by atoms with van der Waals surface area (Å²) in [5.41, 5.74) is 0.943. The van der Waals surface area contributed by atoms with E-state index in [4.69, 9.17) is 4.42 Å². The van der Waals surface area contributed by atoms with Gasteiger partial charge in [-0.1, -0.05) is 36.4 Å². The summed E-state index contributed by atoms with van der Waals surface area (Å²) in [4.78, 5) is 36.7. The van der Waals surface area contributed by atoms with Crippen LogP contribution in [0.5, 0.6) is 0 Å². The Morgan fingerprint density at radius 2 is 1.67 bits per heavy atom. The minimum absolute atomic E-state index is 0.0835. The molecule has 2 aromatic rings. The van der Waals surface area contributed by atoms with Crippen molar-refractivity contribution in [2.24, 2.45) is 34.2 Å². The van der Waals surface area contributed by atoms with Gasteiger partial charge in [-0.25, -0.2) is 0 Å². The Labute approximate surface area is 171 Å². The topological polar surface area (TPSA) is 103 Å². The molecule has 1 aromatic heterocycles. The third-order valence-corrected chi connectivity index (χ3v) is 7.16. The number of carbonyl (C=O) groups is 3. The number of aromatic carboxylic acids is 1. The van der Waals surface area contributed by atoms with Crippen LogP contribution in [0.1, 0.15) is 29.0 Å². The fraction of sp³-hybridized carbons (Fsp3) is 0.304. The zero-order valence-corrected chi connectivity index (χ0v) is 15.9. The van der Waals surface area contributed by atoms with Crippen molar-refractivity contribution in [3.05, 3.63) is 59.9 Å². The van der Waals surface area contributed by atoms with E-state index in [-0.39, 0.29) is 46.5 Å². The molecule has 2 bridgehead atoms. The van der Waals surface area contributed by atoms with Crippen LogP contribution in [0.2, 0.25) is 0 Å². The smallest absolute Gasteiger partial charge is 0.254 e. The van der Waals surface area contributed by atoms with E-state index in [0.29, 0.717) is 17.1 Å². The van der Waals surface area contributed by atoms with Crippen molar-refractivity contribution in [2.75, 3.05) is 0 Å². The molecule has 2 saturated carbocycles. The molecule has 3 fully saturated rings. The Balaban J connectivity index is 1.21. The highest BCUT2D eigenvalue weighted by Gasteiger charge is 2.73. The van der Waals surface area contributed by atoms with Crippen molar-refractivity contribution in [1.82, 2.24) is 5.01 Å². The molecule has 7 nitrogen and oxygen atoms in total. The molecule has 30 heavy (non-hydrogen) atoms. The number of allylic oxidation sites excluding steroid dienone is 2. The van der Waals surface area contributed by atoms with Crippen molar-refractivity contribution < 1.29 is 23.9 Å². The molecule has 1 spiro atoms. The van der Waals surface area contributed by atoms with E-state index in [1.165, 1.54) is 18.3 Å². The normalized spacial score (nSPS) is 30.1. The molecule has 1 saturated heterocycles. The molecule has 4 atom stereocenters. The molecule has 2 heterocycles. The number of rotatable bonds is 4. The van der Waals surface area contributed by atoms with Gasteiger partial charge in [0.2, 0.25) is 0 Å². The van der Waals surface area contributed by atoms with Crippen molar-refractivity contribution in [3.63, 3.8) is 0 Å². The van der Waals surface area contributed by atoms with Crippen LogP contribution < -0.4 is 5.11 Å². The van der Waals surface area contributed by atoms with Crippen LogP contribution in [0.15, 0.2) is 58.1 Å². The van der Waals surface area contributed by atoms with Gasteiger partial charge in [0.05, 0.1) is 24.0 Å². The number of carboxylic acids is 1. The third kappa shape index (κ3) is 2.20. The lowest BCUT2D eigenvalue weighted by Gasteiger charge is -2.18. The van der Waals surface area contributed by atoms with E-state index in [2.05, 4.69) is 17.3 Å². The van der Waals surface area contributed by atoms with E-state index >= 15 is 0 Å². The number of hydrazone groups is 1. The highest BCUT2D eigenvalue weighted by Crippen LogP contribution is 2.73. The van der Waals surface area contributed by atoms with Crippen molar-refractivity contribution in [2.45, 2.75) is 12.8 Å². The van der Waals surface area contributed by atoms with Crippen molar-refractivity contribution in [3.8, 4) is 11.3 Å². The fourth-order valence-electron chi connectivity index (χ4n) is 5.64. The van der Waals surface area contributed by atoms with Gasteiger partial charge in [0.15, 0.2) is 0 Å². The predicted octanol–water partition coefficient (Wildman–Crippen LogP) is 1.84. The molecule has 0 radical (unpaired) electrons. The number of carboxylic acid groups (broad SMARTS) is 1. The lowest BCUT2D eigenvalue weighted by atomic mass is 9.85. The molecule has 1 aliphatic heterocycles. The Morgan fingerprint density at radius 1 is 1.03 bits per heavy atom. The van der Waals surface area contributed by atoms with E-state index in [0.717, 1.165) is 17.9 Å². The van der Waals surface area contributed by atoms with Gasteiger partial charge in [0, 0.05) is 5.56 Å². The predicted molar refractivity (Wildman–Crippen MR) is 103 cm³/mol. The van der Waals surface area contributed by atoms with Gasteiger partial charge in [-0.05, 0) is 47.8 Å². The standard InChI is InChI=1S/C23H18N2O5/c26-20-18-15-6-7-16(23(15)9-10-23)19(18)21(27)25(20)24-11-14-5-8-17(30-14)12-1-3-13(4-2-12)22(28)29/h1-8,11,15-16,18-19H,9-10H2,(H,28,29)/p-1/b24-11-/t15-,16+,18-,19-/m0/s1. The fourth-order valence-corrected chi connectivity index (χ4v) is 5.64. The number of benzene rings is 1. The average Bonchev–Trinajstić information content (AvgIpc) is 3.03. The van der Waals surface area contributed by atoms with E-state index in [1.807, 2.05) is 0 Å². The molecular weight excluding hydrogens is 384 g/mol. The quantitative estimate of drug-likeness (QED) is 0.442. The van der Waals surface area contributed by atoms with Crippen LogP contribution in [0.25, 0.3) is 11.3 Å². The van der Waals surface area contributed by atoms with E-state index in [9.17, 15) is 19.5 Å². The number of hydrogen-bond acceptors (Lipinski definition) is 6. The largest absolute Gasteiger partial charge is 0.545 e. The maximum absolute atomic E-state index is 12.9. The highest BCUT2D eigenvalue weighted by molar-refractivity contribution is 6.07. The van der Waals surface area contributed by atoms with Crippen molar-refractivity contribution >= 4 is 24.0 Å². The van der Waals surface area contributed by atoms with E-state index in [1.54, 1.807) is 24.3 Å². The second kappa shape index (κ2) is 5.78. The number of fused-ring (bicyclic) bond motifs is 3. The van der Waals surface area contributed by atoms with Gasteiger partial charge in [-0.3, -0.25) is 9.59 Å². The Hall–Kier alpha value is -3.48. The summed E-state index contributed by atoms with van der Waals surface area (Å²) < 4.78 is 5.72. The minimum Gasteiger partial charge on any atom is -0.545 e. The summed E-state index contributed by atoms with van der Waals surface area (Å²) in [6, 6.07) is 9.53. The highest BCUT2D eigenvalue weighted by atomic mass is 16.4. The van der Waals surface area contributed by atoms with Gasteiger partial charge in [0.1, 0.15) is 11.5 Å². The second-order valence-corrected chi connectivity index (χ2v) is 8.52. The first kappa shape index (κ1) is 17.4. The lowest BCUT2D eigenvalue weighted by molar-refractivity contribution is -0.255. The first-order valence-corrected chi connectivity index (χ1v) is 10.0. The average molecular weight is 401 g/mol. The van der Waals surface area contributed by atoms with Crippen LogP contribution in [0.3, 0.4) is 0 Å².